The van der Waals surface area contributed by atoms with Gasteiger partial charge in [-0.05, 0) is 23.8 Å². The molecular formula is C15H14FN3O4. The fraction of sp³-hybridized carbons (Fsp3) is 0.200. The maximum absolute atomic E-state index is 13.0. The number of nitro groups is 1. The first-order chi connectivity index (χ1) is 11.0. The van der Waals surface area contributed by atoms with Crippen molar-refractivity contribution in [1.29, 1.82) is 0 Å². The Kier molecular flexibility index (Phi) is 5.19. The third-order valence-electron chi connectivity index (χ3n) is 2.98. The average Bonchev–Trinajstić information content (AvgIpc) is 2.91. The first-order valence-corrected chi connectivity index (χ1v) is 6.72. The number of hydrogen-bond donors (Lipinski definition) is 0. The van der Waals surface area contributed by atoms with Crippen molar-refractivity contribution >= 4 is 17.7 Å². The highest BCUT2D eigenvalue weighted by Crippen LogP contribution is 2.21. The number of halogens is 1. The Balaban J connectivity index is 1.92. The summed E-state index contributed by atoms with van der Waals surface area (Å²) in [6, 6.07) is 3.11. The number of ether oxygens (including phenoxy) is 1. The van der Waals surface area contributed by atoms with Crippen molar-refractivity contribution in [2.45, 2.75) is 6.42 Å². The van der Waals surface area contributed by atoms with Gasteiger partial charge in [-0.3, -0.25) is 14.8 Å². The third-order valence-corrected chi connectivity index (χ3v) is 2.98. The van der Waals surface area contributed by atoms with Gasteiger partial charge in [0.2, 0.25) is 0 Å². The highest BCUT2D eigenvalue weighted by Gasteiger charge is 2.13. The summed E-state index contributed by atoms with van der Waals surface area (Å²) in [6.45, 7) is 0.167. The van der Waals surface area contributed by atoms with Gasteiger partial charge in [0.25, 0.3) is 5.69 Å². The summed E-state index contributed by atoms with van der Waals surface area (Å²) in [5.74, 6) is -1.35. The molecule has 0 amide bonds. The standard InChI is InChI=1S/C15H14FN3O4/c1-18-10-11(9-17-18)6-7-23-15(20)5-3-12-2-4-13(16)8-14(12)19(21)22/h2-5,8-10H,6-7H2,1H3/b5-3+. The topological polar surface area (TPSA) is 87.3 Å². The van der Waals surface area contributed by atoms with E-state index in [4.69, 9.17) is 4.74 Å². The predicted octanol–water partition coefficient (Wildman–Crippen LogP) is 2.27. The Morgan fingerprint density at radius 2 is 2.30 bits per heavy atom. The molecular weight excluding hydrogens is 305 g/mol. The van der Waals surface area contributed by atoms with Gasteiger partial charge in [-0.15, -0.1) is 0 Å². The van der Waals surface area contributed by atoms with Gasteiger partial charge in [0, 0.05) is 25.7 Å². The summed E-state index contributed by atoms with van der Waals surface area (Å²) < 4.78 is 19.6. The molecule has 1 aromatic carbocycles. The number of carbonyl (C=O) groups is 1. The van der Waals surface area contributed by atoms with E-state index in [-0.39, 0.29) is 12.2 Å². The summed E-state index contributed by atoms with van der Waals surface area (Å²) in [6.07, 6.45) is 6.30. The molecule has 0 bridgehead atoms. The number of benzene rings is 1. The van der Waals surface area contributed by atoms with Crippen LogP contribution in [0.1, 0.15) is 11.1 Å². The third kappa shape index (κ3) is 4.73. The number of nitro benzene ring substituents is 1. The van der Waals surface area contributed by atoms with Crippen molar-refractivity contribution in [1.82, 2.24) is 9.78 Å². The van der Waals surface area contributed by atoms with Crippen LogP contribution < -0.4 is 0 Å². The fourth-order valence-corrected chi connectivity index (χ4v) is 1.89. The van der Waals surface area contributed by atoms with Gasteiger partial charge >= 0.3 is 5.97 Å². The number of rotatable bonds is 6. The normalized spacial score (nSPS) is 10.9. The van der Waals surface area contributed by atoms with E-state index in [1.54, 1.807) is 17.9 Å². The van der Waals surface area contributed by atoms with Gasteiger partial charge in [-0.1, -0.05) is 0 Å². The summed E-state index contributed by atoms with van der Waals surface area (Å²) in [5, 5.41) is 14.8. The maximum Gasteiger partial charge on any atom is 0.330 e. The molecule has 0 spiro atoms. The van der Waals surface area contributed by atoms with E-state index < -0.39 is 22.4 Å². The van der Waals surface area contributed by atoms with Crippen molar-refractivity contribution in [3.05, 3.63) is 63.7 Å². The Bertz CT molecular complexity index is 755. The van der Waals surface area contributed by atoms with E-state index in [1.807, 2.05) is 6.20 Å². The van der Waals surface area contributed by atoms with E-state index in [0.717, 1.165) is 23.8 Å². The SMILES string of the molecule is Cn1cc(CCOC(=O)/C=C/c2ccc(F)cc2[N+](=O)[O-])cn1. The number of carbonyl (C=O) groups excluding carboxylic acids is 1. The molecule has 0 fully saturated rings. The molecule has 0 saturated heterocycles. The molecule has 0 radical (unpaired) electrons. The minimum Gasteiger partial charge on any atom is -0.462 e. The summed E-state index contributed by atoms with van der Waals surface area (Å²) >= 11 is 0. The van der Waals surface area contributed by atoms with E-state index in [2.05, 4.69) is 5.10 Å². The van der Waals surface area contributed by atoms with Crippen LogP contribution in [0.4, 0.5) is 10.1 Å². The van der Waals surface area contributed by atoms with Crippen molar-refractivity contribution in [2.24, 2.45) is 7.05 Å². The minimum absolute atomic E-state index is 0.126. The molecule has 0 aliphatic rings. The van der Waals surface area contributed by atoms with Gasteiger partial charge in [-0.25, -0.2) is 9.18 Å². The molecule has 120 valence electrons. The lowest BCUT2D eigenvalue weighted by Crippen LogP contribution is -2.04. The zero-order valence-corrected chi connectivity index (χ0v) is 12.3. The average molecular weight is 319 g/mol. The lowest BCUT2D eigenvalue weighted by molar-refractivity contribution is -0.385. The molecule has 8 heteroatoms. The first kappa shape index (κ1) is 16.3. The van der Waals surface area contributed by atoms with Crippen LogP contribution in [-0.2, 0) is 23.0 Å². The lowest BCUT2D eigenvalue weighted by Gasteiger charge is -2.00. The molecule has 2 aromatic rings. The second-order valence-electron chi connectivity index (χ2n) is 4.73. The number of nitrogens with zero attached hydrogens (tertiary/aromatic N) is 3. The van der Waals surface area contributed by atoms with E-state index in [0.29, 0.717) is 6.42 Å². The van der Waals surface area contributed by atoms with Crippen molar-refractivity contribution < 1.29 is 18.8 Å². The first-order valence-electron chi connectivity index (χ1n) is 6.72. The minimum atomic E-state index is -0.715. The second kappa shape index (κ2) is 7.30. The number of esters is 1. The lowest BCUT2D eigenvalue weighted by atomic mass is 10.1. The number of aromatic nitrogens is 2. The van der Waals surface area contributed by atoms with Crippen LogP contribution in [0.5, 0.6) is 0 Å². The van der Waals surface area contributed by atoms with Gasteiger partial charge in [0.15, 0.2) is 0 Å². The zero-order chi connectivity index (χ0) is 16.8. The molecule has 0 aliphatic heterocycles. The van der Waals surface area contributed by atoms with E-state index >= 15 is 0 Å². The quantitative estimate of drug-likeness (QED) is 0.353. The molecule has 0 atom stereocenters. The van der Waals surface area contributed by atoms with E-state index in [9.17, 15) is 19.3 Å². The Morgan fingerprint density at radius 1 is 1.52 bits per heavy atom. The van der Waals surface area contributed by atoms with Gasteiger partial charge in [-0.2, -0.15) is 5.10 Å². The van der Waals surface area contributed by atoms with Crippen molar-refractivity contribution in [3.8, 4) is 0 Å². The fourth-order valence-electron chi connectivity index (χ4n) is 1.89. The summed E-state index contributed by atoms with van der Waals surface area (Å²) in [5.41, 5.74) is 0.642. The highest BCUT2D eigenvalue weighted by molar-refractivity contribution is 5.87. The van der Waals surface area contributed by atoms with Crippen molar-refractivity contribution in [3.63, 3.8) is 0 Å². The molecule has 1 aromatic heterocycles. The molecule has 0 unspecified atom stereocenters. The smallest absolute Gasteiger partial charge is 0.330 e. The molecule has 0 saturated carbocycles. The number of hydrogen-bond acceptors (Lipinski definition) is 5. The largest absolute Gasteiger partial charge is 0.462 e. The Labute approximate surface area is 131 Å². The summed E-state index contributed by atoms with van der Waals surface area (Å²) in [7, 11) is 1.79. The van der Waals surface area contributed by atoms with Gasteiger partial charge in [0.05, 0.1) is 29.4 Å². The van der Waals surface area contributed by atoms with Crippen LogP contribution in [0.3, 0.4) is 0 Å². The molecule has 1 heterocycles. The second-order valence-corrected chi connectivity index (χ2v) is 4.73. The maximum atomic E-state index is 13.0. The Morgan fingerprint density at radius 3 is 2.96 bits per heavy atom. The van der Waals surface area contributed by atoms with Crippen LogP contribution in [0.15, 0.2) is 36.7 Å². The number of aryl methyl sites for hydroxylation is 1. The van der Waals surface area contributed by atoms with Gasteiger partial charge < -0.3 is 4.74 Å². The summed E-state index contributed by atoms with van der Waals surface area (Å²) in [4.78, 5) is 21.7. The molecule has 23 heavy (non-hydrogen) atoms. The van der Waals surface area contributed by atoms with Crippen LogP contribution in [0.2, 0.25) is 0 Å². The molecule has 7 nitrogen and oxygen atoms in total. The zero-order valence-electron chi connectivity index (χ0n) is 12.3. The van der Waals surface area contributed by atoms with Gasteiger partial charge in [0.1, 0.15) is 5.82 Å². The monoisotopic (exact) mass is 319 g/mol. The van der Waals surface area contributed by atoms with Crippen LogP contribution >= 0.6 is 0 Å². The van der Waals surface area contributed by atoms with Crippen LogP contribution in [-0.4, -0.2) is 27.3 Å². The van der Waals surface area contributed by atoms with Crippen LogP contribution in [0.25, 0.3) is 6.08 Å². The molecule has 0 N–H and O–H groups in total. The molecule has 2 rings (SSSR count). The Hall–Kier alpha value is -3.03. The van der Waals surface area contributed by atoms with Crippen molar-refractivity contribution in [2.75, 3.05) is 6.61 Å². The van der Waals surface area contributed by atoms with E-state index in [1.165, 1.54) is 12.1 Å². The predicted molar refractivity (Wildman–Crippen MR) is 80.0 cm³/mol. The molecule has 0 aliphatic carbocycles. The highest BCUT2D eigenvalue weighted by atomic mass is 19.1. The van der Waals surface area contributed by atoms with Crippen LogP contribution in [0, 0.1) is 15.9 Å².